The van der Waals surface area contributed by atoms with Crippen LogP contribution in [0.3, 0.4) is 0 Å². The lowest BCUT2D eigenvalue weighted by Gasteiger charge is -2.12. The molecule has 3 rings (SSSR count). The fraction of sp³-hybridized carbons (Fsp3) is 0.176. The Kier molecular flexibility index (Phi) is 5.75. The van der Waals surface area contributed by atoms with Crippen molar-refractivity contribution in [3.05, 3.63) is 53.2 Å². The summed E-state index contributed by atoms with van der Waals surface area (Å²) >= 11 is 7.13. The van der Waals surface area contributed by atoms with Gasteiger partial charge in [0.15, 0.2) is 6.61 Å². The Bertz CT molecular complexity index is 843. The molecule has 0 N–H and O–H groups in total. The van der Waals surface area contributed by atoms with Crippen molar-refractivity contribution in [1.29, 1.82) is 0 Å². The van der Waals surface area contributed by atoms with Crippen molar-refractivity contribution in [3.8, 4) is 0 Å². The van der Waals surface area contributed by atoms with Crippen LogP contribution in [0, 0.1) is 0 Å². The van der Waals surface area contributed by atoms with Gasteiger partial charge in [-0.1, -0.05) is 23.4 Å². The molecule has 1 fully saturated rings. The first-order valence-corrected chi connectivity index (χ1v) is 8.77. The number of amides is 2. The van der Waals surface area contributed by atoms with Crippen LogP contribution in [0.4, 0.5) is 4.79 Å². The molecule has 7 nitrogen and oxygen atoms in total. The van der Waals surface area contributed by atoms with Gasteiger partial charge in [-0.15, -0.1) is 0 Å². The van der Waals surface area contributed by atoms with Crippen molar-refractivity contribution >= 4 is 41.3 Å². The number of imide groups is 1. The Hall–Kier alpha value is -2.58. The highest BCUT2D eigenvalue weighted by atomic mass is 35.5. The highest BCUT2D eigenvalue weighted by Gasteiger charge is 2.29. The van der Waals surface area contributed by atoms with Crippen LogP contribution in [0.15, 0.2) is 52.5 Å². The van der Waals surface area contributed by atoms with Gasteiger partial charge in [0.25, 0.3) is 5.91 Å². The van der Waals surface area contributed by atoms with Gasteiger partial charge in [0.1, 0.15) is 11.6 Å². The minimum absolute atomic E-state index is 0.142. The molecule has 2 aromatic rings. The van der Waals surface area contributed by atoms with E-state index in [1.807, 2.05) is 0 Å². The van der Waals surface area contributed by atoms with Crippen molar-refractivity contribution in [2.45, 2.75) is 9.92 Å². The minimum Gasteiger partial charge on any atom is -0.452 e. The summed E-state index contributed by atoms with van der Waals surface area (Å²) < 4.78 is 9.71. The first-order chi connectivity index (χ1) is 12.5. The smallest absolute Gasteiger partial charge is 0.416 e. The fourth-order valence-corrected chi connectivity index (χ4v) is 3.14. The van der Waals surface area contributed by atoms with E-state index < -0.39 is 24.6 Å². The van der Waals surface area contributed by atoms with Crippen LogP contribution in [0.1, 0.15) is 10.4 Å². The lowest BCUT2D eigenvalue weighted by atomic mass is 10.3. The maximum absolute atomic E-state index is 12.3. The first-order valence-electron chi connectivity index (χ1n) is 7.57. The summed E-state index contributed by atoms with van der Waals surface area (Å²) in [5.74, 6) is -1.33. The highest BCUT2D eigenvalue weighted by molar-refractivity contribution is 7.99. The second-order valence-electron chi connectivity index (χ2n) is 5.15. The Balaban J connectivity index is 1.66. The summed E-state index contributed by atoms with van der Waals surface area (Å²) in [6.45, 7) is -0.253. The van der Waals surface area contributed by atoms with E-state index in [1.165, 1.54) is 11.8 Å². The van der Waals surface area contributed by atoms with Gasteiger partial charge in [0.2, 0.25) is 0 Å². The summed E-state index contributed by atoms with van der Waals surface area (Å²) in [4.78, 5) is 41.5. The van der Waals surface area contributed by atoms with Gasteiger partial charge in [-0.2, -0.15) is 0 Å². The van der Waals surface area contributed by atoms with Crippen LogP contribution < -0.4 is 0 Å². The van der Waals surface area contributed by atoms with Crippen LogP contribution in [-0.4, -0.2) is 47.6 Å². The number of aromatic nitrogens is 1. The van der Waals surface area contributed by atoms with Crippen LogP contribution in [0.5, 0.6) is 0 Å². The largest absolute Gasteiger partial charge is 0.452 e. The molecule has 26 heavy (non-hydrogen) atoms. The zero-order valence-electron chi connectivity index (χ0n) is 13.4. The highest BCUT2D eigenvalue weighted by Crippen LogP contribution is 2.29. The molecule has 9 heteroatoms. The molecule has 0 radical (unpaired) electrons. The molecule has 134 valence electrons. The molecule has 0 unspecified atom stereocenters. The molecule has 0 atom stereocenters. The molecular formula is C17H13ClN2O5S. The molecule has 1 aromatic carbocycles. The average molecular weight is 393 g/mol. The third kappa shape index (κ3) is 4.33. The first kappa shape index (κ1) is 18.2. The van der Waals surface area contributed by atoms with E-state index in [9.17, 15) is 14.4 Å². The molecule has 1 aliphatic rings. The van der Waals surface area contributed by atoms with Gasteiger partial charge in [-0.25, -0.2) is 19.5 Å². The number of halogens is 1. The molecule has 0 bridgehead atoms. The number of rotatable bonds is 5. The van der Waals surface area contributed by atoms with E-state index in [1.54, 1.807) is 42.6 Å². The standard InChI is InChI=1S/C17H13ClN2O5S/c18-11-3-5-12(6-4-11)26-15-13(2-1-7-19-15)16(22)25-10-14(21)20-8-9-24-17(20)23/h1-7H,8-10H2. The van der Waals surface area contributed by atoms with Crippen LogP contribution >= 0.6 is 23.4 Å². The number of nitrogens with zero attached hydrogens (tertiary/aromatic N) is 2. The van der Waals surface area contributed by atoms with E-state index in [4.69, 9.17) is 16.3 Å². The van der Waals surface area contributed by atoms with Crippen molar-refractivity contribution in [3.63, 3.8) is 0 Å². The summed E-state index contributed by atoms with van der Waals surface area (Å²) in [5, 5.41) is 1.04. The normalized spacial score (nSPS) is 13.4. The minimum atomic E-state index is -0.730. The number of pyridine rings is 1. The predicted molar refractivity (Wildman–Crippen MR) is 93.2 cm³/mol. The summed E-state index contributed by atoms with van der Waals surface area (Å²) in [6, 6.07) is 10.2. The van der Waals surface area contributed by atoms with E-state index in [-0.39, 0.29) is 18.7 Å². The van der Waals surface area contributed by atoms with Gasteiger partial charge >= 0.3 is 12.1 Å². The number of benzene rings is 1. The van der Waals surface area contributed by atoms with Gasteiger partial charge in [0, 0.05) is 16.1 Å². The van der Waals surface area contributed by atoms with Crippen molar-refractivity contribution < 1.29 is 23.9 Å². The zero-order chi connectivity index (χ0) is 18.5. The number of hydrogen-bond donors (Lipinski definition) is 0. The zero-order valence-corrected chi connectivity index (χ0v) is 15.0. The van der Waals surface area contributed by atoms with Crippen molar-refractivity contribution in [2.75, 3.05) is 19.8 Å². The number of cyclic esters (lactones) is 1. The van der Waals surface area contributed by atoms with E-state index in [0.29, 0.717) is 10.0 Å². The average Bonchev–Trinajstić information content (AvgIpc) is 3.08. The number of ether oxygens (including phenoxy) is 2. The number of esters is 1. The second-order valence-corrected chi connectivity index (χ2v) is 6.65. The van der Waals surface area contributed by atoms with Gasteiger partial charge in [-0.3, -0.25) is 4.79 Å². The third-order valence-corrected chi connectivity index (χ3v) is 4.69. The summed E-state index contributed by atoms with van der Waals surface area (Å²) in [6.07, 6.45) is 0.826. The van der Waals surface area contributed by atoms with Crippen molar-refractivity contribution in [1.82, 2.24) is 9.88 Å². The molecule has 1 saturated heterocycles. The molecule has 2 amide bonds. The Labute approximate surface area is 158 Å². The second kappa shape index (κ2) is 8.20. The SMILES string of the molecule is O=C(OCC(=O)N1CCOC1=O)c1cccnc1Sc1ccc(Cl)cc1. The monoisotopic (exact) mass is 392 g/mol. The third-order valence-electron chi connectivity index (χ3n) is 3.41. The topological polar surface area (TPSA) is 85.8 Å². The quantitative estimate of drug-likeness (QED) is 0.723. The van der Waals surface area contributed by atoms with Crippen LogP contribution in [0.2, 0.25) is 5.02 Å². The Morgan fingerprint density at radius 1 is 1.27 bits per heavy atom. The maximum atomic E-state index is 12.3. The lowest BCUT2D eigenvalue weighted by molar-refractivity contribution is -0.131. The van der Waals surface area contributed by atoms with E-state index in [2.05, 4.69) is 9.72 Å². The molecule has 1 aliphatic heterocycles. The maximum Gasteiger partial charge on any atom is 0.416 e. The number of carbonyl (C=O) groups is 3. The lowest BCUT2D eigenvalue weighted by Crippen LogP contribution is -2.35. The number of hydrogen-bond acceptors (Lipinski definition) is 7. The summed E-state index contributed by atoms with van der Waals surface area (Å²) in [5.41, 5.74) is 0.226. The van der Waals surface area contributed by atoms with Gasteiger partial charge in [-0.05, 0) is 36.4 Å². The summed E-state index contributed by atoms with van der Waals surface area (Å²) in [7, 11) is 0. The van der Waals surface area contributed by atoms with E-state index >= 15 is 0 Å². The molecule has 0 saturated carbocycles. The molecule has 2 heterocycles. The Morgan fingerprint density at radius 3 is 2.73 bits per heavy atom. The van der Waals surface area contributed by atoms with E-state index in [0.717, 1.165) is 9.80 Å². The van der Waals surface area contributed by atoms with Gasteiger partial charge < -0.3 is 9.47 Å². The molecule has 0 spiro atoms. The fourth-order valence-electron chi connectivity index (χ4n) is 2.14. The molecular weight excluding hydrogens is 380 g/mol. The predicted octanol–water partition coefficient (Wildman–Crippen LogP) is 3.02. The molecule has 1 aromatic heterocycles. The van der Waals surface area contributed by atoms with Crippen LogP contribution in [-0.2, 0) is 14.3 Å². The van der Waals surface area contributed by atoms with Crippen LogP contribution in [0.25, 0.3) is 0 Å². The Morgan fingerprint density at radius 2 is 2.04 bits per heavy atom. The number of carbonyl (C=O) groups excluding carboxylic acids is 3. The van der Waals surface area contributed by atoms with Gasteiger partial charge in [0.05, 0.1) is 12.1 Å². The molecule has 0 aliphatic carbocycles. The van der Waals surface area contributed by atoms with Crippen molar-refractivity contribution in [2.24, 2.45) is 0 Å².